The Morgan fingerprint density at radius 2 is 2.46 bits per heavy atom. The van der Waals surface area contributed by atoms with Crippen LogP contribution in [-0.2, 0) is 9.53 Å². The number of ether oxygens (including phenoxy) is 1. The summed E-state index contributed by atoms with van der Waals surface area (Å²) in [6.45, 7) is 5.99. The molecule has 0 spiro atoms. The van der Waals surface area contributed by atoms with Crippen LogP contribution in [0.1, 0.15) is 40.0 Å². The summed E-state index contributed by atoms with van der Waals surface area (Å²) in [5, 5.41) is 0. The number of rotatable bonds is 3. The minimum Gasteiger partial charge on any atom is -0.458 e. The Hall–Kier alpha value is -0.790. The Morgan fingerprint density at radius 3 is 2.92 bits per heavy atom. The van der Waals surface area contributed by atoms with Crippen LogP contribution in [0.25, 0.3) is 0 Å². The van der Waals surface area contributed by atoms with Crippen LogP contribution in [-0.4, -0.2) is 12.1 Å². The SMILES string of the molecule is CC[C@H](C)C(=O)O[C@H]1C=C(C)CC1. The summed E-state index contributed by atoms with van der Waals surface area (Å²) in [6.07, 6.45) is 4.99. The van der Waals surface area contributed by atoms with Crippen molar-refractivity contribution in [1.29, 1.82) is 0 Å². The van der Waals surface area contributed by atoms with Crippen molar-refractivity contribution in [2.24, 2.45) is 5.92 Å². The smallest absolute Gasteiger partial charge is 0.309 e. The van der Waals surface area contributed by atoms with E-state index in [1.54, 1.807) is 0 Å². The van der Waals surface area contributed by atoms with Crippen molar-refractivity contribution in [1.82, 2.24) is 0 Å². The largest absolute Gasteiger partial charge is 0.458 e. The minimum atomic E-state index is -0.0570. The van der Waals surface area contributed by atoms with E-state index >= 15 is 0 Å². The maximum Gasteiger partial charge on any atom is 0.309 e. The van der Waals surface area contributed by atoms with Crippen LogP contribution < -0.4 is 0 Å². The molecule has 0 fully saturated rings. The van der Waals surface area contributed by atoms with Crippen molar-refractivity contribution in [2.45, 2.75) is 46.1 Å². The van der Waals surface area contributed by atoms with Gasteiger partial charge in [-0.2, -0.15) is 0 Å². The monoisotopic (exact) mass is 182 g/mol. The van der Waals surface area contributed by atoms with Crippen molar-refractivity contribution in [3.63, 3.8) is 0 Å². The lowest BCUT2D eigenvalue weighted by atomic mass is 10.1. The Kier molecular flexibility index (Phi) is 3.52. The fraction of sp³-hybridized carbons (Fsp3) is 0.727. The number of hydrogen-bond acceptors (Lipinski definition) is 2. The van der Waals surface area contributed by atoms with Gasteiger partial charge in [-0.25, -0.2) is 0 Å². The first-order valence-corrected chi connectivity index (χ1v) is 5.01. The molecule has 2 nitrogen and oxygen atoms in total. The second-order valence-electron chi connectivity index (χ2n) is 3.84. The maximum atomic E-state index is 11.4. The molecular formula is C11H18O2. The molecule has 0 heterocycles. The Balaban J connectivity index is 2.37. The molecule has 0 N–H and O–H groups in total. The van der Waals surface area contributed by atoms with Crippen LogP contribution in [0, 0.1) is 5.92 Å². The van der Waals surface area contributed by atoms with Gasteiger partial charge in [-0.15, -0.1) is 0 Å². The summed E-state index contributed by atoms with van der Waals surface area (Å²) >= 11 is 0. The van der Waals surface area contributed by atoms with Gasteiger partial charge in [-0.05, 0) is 32.3 Å². The van der Waals surface area contributed by atoms with Crippen LogP contribution in [0.5, 0.6) is 0 Å². The second-order valence-corrected chi connectivity index (χ2v) is 3.84. The molecule has 0 aromatic carbocycles. The van der Waals surface area contributed by atoms with E-state index in [1.807, 2.05) is 13.8 Å². The lowest BCUT2D eigenvalue weighted by Crippen LogP contribution is -2.19. The highest BCUT2D eigenvalue weighted by molar-refractivity contribution is 5.72. The van der Waals surface area contributed by atoms with Crippen molar-refractivity contribution in [2.75, 3.05) is 0 Å². The van der Waals surface area contributed by atoms with Crippen LogP contribution in [0.2, 0.25) is 0 Å². The summed E-state index contributed by atoms with van der Waals surface area (Å²) in [6, 6.07) is 0. The molecule has 0 aliphatic heterocycles. The number of hydrogen-bond donors (Lipinski definition) is 0. The van der Waals surface area contributed by atoms with Crippen LogP contribution in [0.3, 0.4) is 0 Å². The average molecular weight is 182 g/mol. The first kappa shape index (κ1) is 10.3. The van der Waals surface area contributed by atoms with Crippen LogP contribution >= 0.6 is 0 Å². The Labute approximate surface area is 80.0 Å². The number of carbonyl (C=O) groups is 1. The lowest BCUT2D eigenvalue weighted by molar-refractivity contribution is -0.151. The molecule has 13 heavy (non-hydrogen) atoms. The van der Waals surface area contributed by atoms with Gasteiger partial charge >= 0.3 is 5.97 Å². The normalized spacial score (nSPS) is 23.9. The molecule has 0 radical (unpaired) electrons. The standard InChI is InChI=1S/C11H18O2/c1-4-9(3)11(12)13-10-6-5-8(2)7-10/h7,9-10H,4-6H2,1-3H3/t9-,10+/m0/s1. The fourth-order valence-corrected chi connectivity index (χ4v) is 1.38. The van der Waals surface area contributed by atoms with E-state index in [4.69, 9.17) is 4.74 Å². The van der Waals surface area contributed by atoms with Gasteiger partial charge < -0.3 is 4.74 Å². The van der Waals surface area contributed by atoms with Gasteiger partial charge in [0.25, 0.3) is 0 Å². The van der Waals surface area contributed by atoms with Gasteiger partial charge in [0.15, 0.2) is 0 Å². The first-order valence-electron chi connectivity index (χ1n) is 5.01. The highest BCUT2D eigenvalue weighted by atomic mass is 16.5. The summed E-state index contributed by atoms with van der Waals surface area (Å²) in [7, 11) is 0. The van der Waals surface area contributed by atoms with Crippen LogP contribution in [0.4, 0.5) is 0 Å². The number of esters is 1. The summed E-state index contributed by atoms with van der Waals surface area (Å²) in [5.74, 6) is -0.0206. The second kappa shape index (κ2) is 4.45. The molecule has 0 amide bonds. The molecule has 0 saturated heterocycles. The quantitative estimate of drug-likeness (QED) is 0.495. The van der Waals surface area contributed by atoms with E-state index in [2.05, 4.69) is 13.0 Å². The van der Waals surface area contributed by atoms with E-state index < -0.39 is 0 Å². The van der Waals surface area contributed by atoms with Crippen molar-refractivity contribution >= 4 is 5.97 Å². The van der Waals surface area contributed by atoms with E-state index in [0.29, 0.717) is 0 Å². The van der Waals surface area contributed by atoms with Crippen LogP contribution in [0.15, 0.2) is 11.6 Å². The Morgan fingerprint density at radius 1 is 1.77 bits per heavy atom. The lowest BCUT2D eigenvalue weighted by Gasteiger charge is -2.13. The number of carbonyl (C=O) groups excluding carboxylic acids is 1. The highest BCUT2D eigenvalue weighted by Crippen LogP contribution is 2.21. The average Bonchev–Trinajstić information content (AvgIpc) is 2.49. The van der Waals surface area contributed by atoms with Gasteiger partial charge in [0.05, 0.1) is 5.92 Å². The maximum absolute atomic E-state index is 11.4. The predicted octanol–water partition coefficient (Wildman–Crippen LogP) is 2.68. The summed E-state index contributed by atoms with van der Waals surface area (Å²) in [5.41, 5.74) is 1.34. The van der Waals surface area contributed by atoms with E-state index in [1.165, 1.54) is 5.57 Å². The molecule has 74 valence electrons. The van der Waals surface area contributed by atoms with E-state index in [9.17, 15) is 4.79 Å². The molecule has 0 unspecified atom stereocenters. The molecular weight excluding hydrogens is 164 g/mol. The first-order chi connectivity index (χ1) is 6.13. The molecule has 1 rings (SSSR count). The fourth-order valence-electron chi connectivity index (χ4n) is 1.38. The molecule has 2 heteroatoms. The number of allylic oxidation sites excluding steroid dienone is 1. The topological polar surface area (TPSA) is 26.3 Å². The zero-order valence-electron chi connectivity index (χ0n) is 8.67. The van der Waals surface area contributed by atoms with Gasteiger partial charge in [0.1, 0.15) is 6.10 Å². The molecule has 0 aromatic heterocycles. The molecule has 1 aliphatic rings. The van der Waals surface area contributed by atoms with Gasteiger partial charge in [-0.1, -0.05) is 19.4 Å². The Bertz CT molecular complexity index is 218. The third-order valence-corrected chi connectivity index (χ3v) is 2.58. The van der Waals surface area contributed by atoms with Crippen molar-refractivity contribution in [3.05, 3.63) is 11.6 Å². The molecule has 1 aliphatic carbocycles. The highest BCUT2D eigenvalue weighted by Gasteiger charge is 2.20. The molecule has 0 saturated carbocycles. The van der Waals surface area contributed by atoms with Crippen molar-refractivity contribution < 1.29 is 9.53 Å². The van der Waals surface area contributed by atoms with E-state index in [-0.39, 0.29) is 18.0 Å². The molecule has 0 aromatic rings. The summed E-state index contributed by atoms with van der Waals surface area (Å²) < 4.78 is 5.32. The zero-order chi connectivity index (χ0) is 9.84. The third-order valence-electron chi connectivity index (χ3n) is 2.58. The molecule has 2 atom stereocenters. The van der Waals surface area contributed by atoms with E-state index in [0.717, 1.165) is 19.3 Å². The van der Waals surface area contributed by atoms with Crippen molar-refractivity contribution in [3.8, 4) is 0 Å². The van der Waals surface area contributed by atoms with Gasteiger partial charge in [0.2, 0.25) is 0 Å². The van der Waals surface area contributed by atoms with Gasteiger partial charge in [0, 0.05) is 0 Å². The zero-order valence-corrected chi connectivity index (χ0v) is 8.67. The third kappa shape index (κ3) is 2.87. The predicted molar refractivity (Wildman–Crippen MR) is 52.3 cm³/mol. The minimum absolute atomic E-state index is 0.0364. The summed E-state index contributed by atoms with van der Waals surface area (Å²) in [4.78, 5) is 11.4. The molecule has 0 bridgehead atoms. The van der Waals surface area contributed by atoms with Gasteiger partial charge in [-0.3, -0.25) is 4.79 Å².